The van der Waals surface area contributed by atoms with E-state index in [1.807, 2.05) is 0 Å². The van der Waals surface area contributed by atoms with Crippen molar-refractivity contribution >= 4 is 0 Å². The highest BCUT2D eigenvalue weighted by Gasteiger charge is 2.02. The van der Waals surface area contributed by atoms with E-state index in [0.29, 0.717) is 5.92 Å². The first kappa shape index (κ1) is 13.5. The van der Waals surface area contributed by atoms with Crippen LogP contribution in [0.4, 0.5) is 0 Å². The Morgan fingerprint density at radius 2 is 2.00 bits per heavy atom. The van der Waals surface area contributed by atoms with E-state index in [4.69, 9.17) is 4.74 Å². The van der Waals surface area contributed by atoms with Gasteiger partial charge >= 0.3 is 0 Å². The second kappa shape index (κ2) is 9.92. The molecular formula is C9H23NO. The first-order valence-corrected chi connectivity index (χ1v) is 4.04. The standard InChI is InChI=1S/C8H19NO.CH4/c1-4-8(7-10-3)6-9-5-2;/h8-9H,4-7H2,1-3H3;1H4. The summed E-state index contributed by atoms with van der Waals surface area (Å²) < 4.78 is 5.05. The van der Waals surface area contributed by atoms with Crippen LogP contribution in [-0.2, 0) is 4.74 Å². The molecule has 11 heavy (non-hydrogen) atoms. The molecule has 0 bridgehead atoms. The van der Waals surface area contributed by atoms with E-state index >= 15 is 0 Å². The van der Waals surface area contributed by atoms with E-state index in [-0.39, 0.29) is 7.43 Å². The van der Waals surface area contributed by atoms with Gasteiger partial charge in [0.2, 0.25) is 0 Å². The van der Waals surface area contributed by atoms with Gasteiger partial charge < -0.3 is 10.1 Å². The zero-order chi connectivity index (χ0) is 7.82. The molecule has 0 saturated heterocycles. The van der Waals surface area contributed by atoms with Gasteiger partial charge in [0.15, 0.2) is 0 Å². The van der Waals surface area contributed by atoms with E-state index < -0.39 is 0 Å². The number of nitrogens with one attached hydrogen (secondary N) is 1. The Hall–Kier alpha value is -0.0800. The molecule has 1 unspecified atom stereocenters. The van der Waals surface area contributed by atoms with E-state index in [9.17, 15) is 0 Å². The topological polar surface area (TPSA) is 21.3 Å². The molecule has 0 aromatic heterocycles. The third-order valence-electron chi connectivity index (χ3n) is 1.66. The Bertz CT molecular complexity index is 66.6. The van der Waals surface area contributed by atoms with Crippen molar-refractivity contribution in [3.05, 3.63) is 0 Å². The second-order valence-corrected chi connectivity index (χ2v) is 2.54. The van der Waals surface area contributed by atoms with Crippen LogP contribution in [0.1, 0.15) is 27.7 Å². The lowest BCUT2D eigenvalue weighted by atomic mass is 10.1. The molecule has 1 atom stereocenters. The summed E-state index contributed by atoms with van der Waals surface area (Å²) >= 11 is 0. The van der Waals surface area contributed by atoms with Crippen LogP contribution in [0.25, 0.3) is 0 Å². The molecule has 2 heteroatoms. The summed E-state index contributed by atoms with van der Waals surface area (Å²) in [6, 6.07) is 0. The van der Waals surface area contributed by atoms with Gasteiger partial charge in [-0.1, -0.05) is 21.3 Å². The highest BCUT2D eigenvalue weighted by atomic mass is 16.5. The molecule has 0 amide bonds. The van der Waals surface area contributed by atoms with Gasteiger partial charge in [-0.25, -0.2) is 0 Å². The maximum absolute atomic E-state index is 5.05. The summed E-state index contributed by atoms with van der Waals surface area (Å²) in [6.07, 6.45) is 1.20. The highest BCUT2D eigenvalue weighted by molar-refractivity contribution is 4.57. The van der Waals surface area contributed by atoms with Gasteiger partial charge in [-0.3, -0.25) is 0 Å². The minimum Gasteiger partial charge on any atom is -0.384 e. The summed E-state index contributed by atoms with van der Waals surface area (Å²) in [7, 11) is 1.76. The van der Waals surface area contributed by atoms with Gasteiger partial charge in [0.25, 0.3) is 0 Å². The molecule has 0 fully saturated rings. The van der Waals surface area contributed by atoms with Crippen LogP contribution in [0.5, 0.6) is 0 Å². The number of hydrogen-bond donors (Lipinski definition) is 1. The smallest absolute Gasteiger partial charge is 0.0502 e. The molecular weight excluding hydrogens is 138 g/mol. The largest absolute Gasteiger partial charge is 0.384 e. The quantitative estimate of drug-likeness (QED) is 0.642. The Kier molecular flexibility index (Phi) is 12.2. The average molecular weight is 161 g/mol. The van der Waals surface area contributed by atoms with E-state index in [2.05, 4.69) is 19.2 Å². The molecule has 1 N–H and O–H groups in total. The van der Waals surface area contributed by atoms with Crippen LogP contribution in [-0.4, -0.2) is 26.8 Å². The molecule has 0 aliphatic rings. The maximum atomic E-state index is 5.05. The molecule has 0 spiro atoms. The Morgan fingerprint density at radius 1 is 1.36 bits per heavy atom. The van der Waals surface area contributed by atoms with Gasteiger partial charge in [-0.05, 0) is 18.9 Å². The zero-order valence-electron chi connectivity index (χ0n) is 7.31. The molecule has 70 valence electrons. The predicted molar refractivity (Wildman–Crippen MR) is 50.9 cm³/mol. The van der Waals surface area contributed by atoms with Crippen molar-refractivity contribution in [2.75, 3.05) is 26.8 Å². The fourth-order valence-electron chi connectivity index (χ4n) is 0.905. The van der Waals surface area contributed by atoms with Crippen LogP contribution < -0.4 is 5.32 Å². The fourth-order valence-corrected chi connectivity index (χ4v) is 0.905. The summed E-state index contributed by atoms with van der Waals surface area (Å²) in [5, 5.41) is 3.30. The average Bonchev–Trinajstić information content (AvgIpc) is 1.98. The van der Waals surface area contributed by atoms with Crippen molar-refractivity contribution in [2.45, 2.75) is 27.7 Å². The highest BCUT2D eigenvalue weighted by Crippen LogP contribution is 1.99. The van der Waals surface area contributed by atoms with E-state index in [0.717, 1.165) is 19.7 Å². The van der Waals surface area contributed by atoms with E-state index in [1.165, 1.54) is 6.42 Å². The molecule has 0 saturated carbocycles. The van der Waals surface area contributed by atoms with Crippen LogP contribution in [0, 0.1) is 5.92 Å². The predicted octanol–water partition coefficient (Wildman–Crippen LogP) is 1.90. The lowest BCUT2D eigenvalue weighted by molar-refractivity contribution is 0.149. The van der Waals surface area contributed by atoms with Crippen molar-refractivity contribution < 1.29 is 4.74 Å². The van der Waals surface area contributed by atoms with Crippen molar-refractivity contribution in [3.8, 4) is 0 Å². The molecule has 0 aromatic carbocycles. The van der Waals surface area contributed by atoms with Crippen LogP contribution in [0.2, 0.25) is 0 Å². The van der Waals surface area contributed by atoms with Gasteiger partial charge in [0, 0.05) is 13.7 Å². The van der Waals surface area contributed by atoms with Crippen molar-refractivity contribution in [3.63, 3.8) is 0 Å². The normalized spacial score (nSPS) is 12.3. The van der Waals surface area contributed by atoms with Gasteiger partial charge in [0.1, 0.15) is 0 Å². The van der Waals surface area contributed by atoms with Gasteiger partial charge in [0.05, 0.1) is 6.61 Å². The van der Waals surface area contributed by atoms with Crippen LogP contribution in [0.15, 0.2) is 0 Å². The molecule has 0 radical (unpaired) electrons. The number of ether oxygens (including phenoxy) is 1. The molecule has 0 aliphatic heterocycles. The number of hydrogen-bond acceptors (Lipinski definition) is 2. The summed E-state index contributed by atoms with van der Waals surface area (Å²) in [6.45, 7) is 7.34. The maximum Gasteiger partial charge on any atom is 0.0502 e. The van der Waals surface area contributed by atoms with Crippen LogP contribution in [0.3, 0.4) is 0 Å². The van der Waals surface area contributed by atoms with Gasteiger partial charge in [-0.15, -0.1) is 0 Å². The first-order valence-electron chi connectivity index (χ1n) is 4.04. The lowest BCUT2D eigenvalue weighted by Crippen LogP contribution is -2.24. The lowest BCUT2D eigenvalue weighted by Gasteiger charge is -2.12. The number of methoxy groups -OCH3 is 1. The molecule has 0 rings (SSSR count). The van der Waals surface area contributed by atoms with Crippen molar-refractivity contribution in [2.24, 2.45) is 5.92 Å². The fraction of sp³-hybridized carbons (Fsp3) is 1.00. The zero-order valence-corrected chi connectivity index (χ0v) is 7.31. The van der Waals surface area contributed by atoms with Crippen molar-refractivity contribution in [1.29, 1.82) is 0 Å². The Morgan fingerprint density at radius 3 is 2.36 bits per heavy atom. The summed E-state index contributed by atoms with van der Waals surface area (Å²) in [4.78, 5) is 0. The minimum atomic E-state index is 0. The Balaban J connectivity index is 0. The van der Waals surface area contributed by atoms with Crippen molar-refractivity contribution in [1.82, 2.24) is 5.32 Å². The third kappa shape index (κ3) is 7.82. The summed E-state index contributed by atoms with van der Waals surface area (Å²) in [5.74, 6) is 0.685. The molecule has 2 nitrogen and oxygen atoms in total. The molecule has 0 heterocycles. The second-order valence-electron chi connectivity index (χ2n) is 2.54. The Labute approximate surface area is 71.3 Å². The monoisotopic (exact) mass is 161 g/mol. The summed E-state index contributed by atoms with van der Waals surface area (Å²) in [5.41, 5.74) is 0. The van der Waals surface area contributed by atoms with Crippen LogP contribution >= 0.6 is 0 Å². The number of rotatable bonds is 6. The molecule has 0 aliphatic carbocycles. The first-order chi connectivity index (χ1) is 4.85. The minimum absolute atomic E-state index is 0. The SMILES string of the molecule is C.CCNCC(CC)COC. The third-order valence-corrected chi connectivity index (χ3v) is 1.66. The van der Waals surface area contributed by atoms with Gasteiger partial charge in [-0.2, -0.15) is 0 Å². The van der Waals surface area contributed by atoms with E-state index in [1.54, 1.807) is 7.11 Å². The molecule has 0 aromatic rings.